The van der Waals surface area contributed by atoms with Gasteiger partial charge in [-0.3, -0.25) is 20.3 Å². The number of anilines is 2. The van der Waals surface area contributed by atoms with Crippen molar-refractivity contribution in [3.63, 3.8) is 0 Å². The minimum Gasteiger partial charge on any atom is -0.370 e. The zero-order valence-electron chi connectivity index (χ0n) is 26.2. The molecule has 1 amide bonds. The van der Waals surface area contributed by atoms with Gasteiger partial charge in [0.2, 0.25) is 15.9 Å². The monoisotopic (exact) mass is 614 g/mol. The van der Waals surface area contributed by atoms with Gasteiger partial charge in [0, 0.05) is 62.7 Å². The number of carbonyl (C=O) groups excluding carboxylic acids is 1. The molecule has 2 aromatic carbocycles. The number of amides is 1. The molecular formula is C31H46N6O5S. The Morgan fingerprint density at radius 1 is 1.12 bits per heavy atom. The maximum absolute atomic E-state index is 13.8. The first-order valence-corrected chi connectivity index (χ1v) is 16.5. The molecule has 1 fully saturated rings. The Morgan fingerprint density at radius 2 is 1.77 bits per heavy atom. The van der Waals surface area contributed by atoms with E-state index in [1.54, 1.807) is 6.21 Å². The Morgan fingerprint density at radius 3 is 2.37 bits per heavy atom. The van der Waals surface area contributed by atoms with Gasteiger partial charge in [-0.05, 0) is 50.7 Å². The molecule has 1 N–H and O–H groups in total. The molecule has 0 radical (unpaired) electrons. The molecule has 1 aliphatic rings. The van der Waals surface area contributed by atoms with Crippen molar-refractivity contribution in [3.8, 4) is 0 Å². The van der Waals surface area contributed by atoms with Gasteiger partial charge in [-0.15, -0.1) is 0 Å². The fraction of sp³-hybridized carbons (Fsp3) is 0.548. The highest BCUT2D eigenvalue weighted by molar-refractivity contribution is 7.89. The van der Waals surface area contributed by atoms with Crippen LogP contribution in [0.5, 0.6) is 0 Å². The lowest BCUT2D eigenvalue weighted by Gasteiger charge is -2.36. The summed E-state index contributed by atoms with van der Waals surface area (Å²) in [5.41, 5.74) is 4.42. The number of non-ortho nitro benzene ring substituents is 1. The number of benzene rings is 2. The molecule has 0 aliphatic carbocycles. The first-order valence-electron chi connectivity index (χ1n) is 15.1. The standard InChI is InChI=1S/C31H46N6O5S/c1-7-34(8-2)31(38)26-13-11-17-35(22-26)29-14-10-9-12-25(29)19-32-33-28-16-15-27(37(39)40)18-30(28)43(41,42)36(20-23(3)4)21-24(5)6/h9-10,12,14-16,18-19,23-24,26,33H,7-8,11,13,17,20-22H2,1-6H3/b32-19-. The number of rotatable bonds is 14. The SMILES string of the molecule is CCN(CC)C(=O)C1CCCN(c2ccccc2/C=N\Nc2ccc([N+](=O)[O-])cc2S(=O)(=O)N(CC(C)C)CC(C)C)C1. The predicted molar refractivity (Wildman–Crippen MR) is 172 cm³/mol. The highest BCUT2D eigenvalue weighted by Crippen LogP contribution is 2.31. The first-order chi connectivity index (χ1) is 20.4. The van der Waals surface area contributed by atoms with E-state index in [-0.39, 0.29) is 53.0 Å². The molecular weight excluding hydrogens is 568 g/mol. The van der Waals surface area contributed by atoms with Crippen LogP contribution in [0.2, 0.25) is 0 Å². The van der Waals surface area contributed by atoms with Gasteiger partial charge < -0.3 is 9.80 Å². The van der Waals surface area contributed by atoms with Gasteiger partial charge in [0.15, 0.2) is 0 Å². The van der Waals surface area contributed by atoms with Gasteiger partial charge in [-0.1, -0.05) is 45.9 Å². The van der Waals surface area contributed by atoms with Crippen molar-refractivity contribution >= 4 is 39.2 Å². The van der Waals surface area contributed by atoms with Crippen LogP contribution in [-0.4, -0.2) is 73.9 Å². The lowest BCUT2D eigenvalue weighted by molar-refractivity contribution is -0.385. The summed E-state index contributed by atoms with van der Waals surface area (Å²) < 4.78 is 29.1. The summed E-state index contributed by atoms with van der Waals surface area (Å²) in [5, 5.41) is 15.9. The van der Waals surface area contributed by atoms with E-state index in [1.165, 1.54) is 16.4 Å². The fourth-order valence-corrected chi connectivity index (χ4v) is 7.33. The normalized spacial score (nSPS) is 15.9. The summed E-state index contributed by atoms with van der Waals surface area (Å²) in [7, 11) is -4.08. The average Bonchev–Trinajstić information content (AvgIpc) is 2.97. The van der Waals surface area contributed by atoms with E-state index >= 15 is 0 Å². The minimum absolute atomic E-state index is 0.0647. The Hall–Kier alpha value is -3.51. The Kier molecular flexibility index (Phi) is 12.1. The molecule has 1 aliphatic heterocycles. The van der Waals surface area contributed by atoms with Crippen molar-refractivity contribution in [1.82, 2.24) is 9.21 Å². The van der Waals surface area contributed by atoms with Crippen LogP contribution < -0.4 is 10.3 Å². The summed E-state index contributed by atoms with van der Waals surface area (Å²) in [6.45, 7) is 15.1. The van der Waals surface area contributed by atoms with E-state index in [0.29, 0.717) is 19.6 Å². The third-order valence-corrected chi connectivity index (χ3v) is 9.31. The van der Waals surface area contributed by atoms with E-state index < -0.39 is 14.9 Å². The van der Waals surface area contributed by atoms with Crippen molar-refractivity contribution < 1.29 is 18.1 Å². The number of hydrogen-bond acceptors (Lipinski definition) is 8. The number of hydrazone groups is 1. The lowest BCUT2D eigenvalue weighted by atomic mass is 9.95. The Labute approximate surface area is 256 Å². The lowest BCUT2D eigenvalue weighted by Crippen LogP contribution is -2.45. The molecule has 0 spiro atoms. The molecule has 1 heterocycles. The quantitative estimate of drug-likeness (QED) is 0.171. The molecule has 43 heavy (non-hydrogen) atoms. The number of para-hydroxylation sites is 1. The number of nitro benzene ring substituents is 1. The topological polar surface area (TPSA) is 128 Å². The van der Waals surface area contributed by atoms with Crippen molar-refractivity contribution in [1.29, 1.82) is 0 Å². The number of nitrogens with one attached hydrogen (secondary N) is 1. The third-order valence-electron chi connectivity index (χ3n) is 7.44. The van der Waals surface area contributed by atoms with Crippen LogP contribution >= 0.6 is 0 Å². The predicted octanol–water partition coefficient (Wildman–Crippen LogP) is 5.43. The van der Waals surface area contributed by atoms with Crippen molar-refractivity contribution in [2.45, 2.75) is 59.3 Å². The zero-order valence-corrected chi connectivity index (χ0v) is 27.0. The zero-order chi connectivity index (χ0) is 31.7. The van der Waals surface area contributed by atoms with E-state index in [4.69, 9.17) is 0 Å². The molecule has 1 unspecified atom stereocenters. The van der Waals surface area contributed by atoms with Crippen molar-refractivity contribution in [3.05, 3.63) is 58.1 Å². The van der Waals surface area contributed by atoms with Crippen molar-refractivity contribution in [2.75, 3.05) is 49.6 Å². The number of sulfonamides is 1. The largest absolute Gasteiger partial charge is 0.370 e. The van der Waals surface area contributed by atoms with E-state index in [0.717, 1.165) is 36.7 Å². The highest BCUT2D eigenvalue weighted by Gasteiger charge is 2.31. The van der Waals surface area contributed by atoms with E-state index in [2.05, 4.69) is 15.4 Å². The molecule has 11 nitrogen and oxygen atoms in total. The van der Waals surface area contributed by atoms with Crippen LogP contribution in [0.25, 0.3) is 0 Å². The summed E-state index contributed by atoms with van der Waals surface area (Å²) in [5.74, 6) is 0.229. The molecule has 1 saturated heterocycles. The second-order valence-corrected chi connectivity index (χ2v) is 13.7. The summed E-state index contributed by atoms with van der Waals surface area (Å²) in [6.07, 6.45) is 3.36. The summed E-state index contributed by atoms with van der Waals surface area (Å²) in [4.78, 5) is 27.9. The van der Waals surface area contributed by atoms with Crippen LogP contribution in [0.4, 0.5) is 17.1 Å². The molecule has 12 heteroatoms. The third kappa shape index (κ3) is 8.76. The molecule has 0 saturated carbocycles. The Balaban J connectivity index is 1.91. The number of piperidine rings is 1. The fourth-order valence-electron chi connectivity index (χ4n) is 5.40. The van der Waals surface area contributed by atoms with Gasteiger partial charge >= 0.3 is 0 Å². The molecule has 2 aromatic rings. The van der Waals surface area contributed by atoms with Crippen molar-refractivity contribution in [2.24, 2.45) is 22.9 Å². The van der Waals surface area contributed by atoms with Crippen LogP contribution in [-0.2, 0) is 14.8 Å². The molecule has 0 aromatic heterocycles. The second-order valence-electron chi connectivity index (χ2n) is 11.8. The smallest absolute Gasteiger partial charge is 0.270 e. The van der Waals surface area contributed by atoms with Gasteiger partial charge in [0.1, 0.15) is 4.90 Å². The molecule has 3 rings (SSSR count). The molecule has 1 atom stereocenters. The number of carbonyl (C=O) groups is 1. The van der Waals surface area contributed by atoms with Gasteiger partial charge in [-0.25, -0.2) is 8.42 Å². The average molecular weight is 615 g/mol. The number of nitro groups is 1. The van der Waals surface area contributed by atoms with Crippen LogP contribution in [0.3, 0.4) is 0 Å². The van der Waals surface area contributed by atoms with Gasteiger partial charge in [0.05, 0.1) is 22.7 Å². The first kappa shape index (κ1) is 34.0. The van der Waals surface area contributed by atoms with Crippen LogP contribution in [0, 0.1) is 27.9 Å². The minimum atomic E-state index is -4.08. The maximum Gasteiger partial charge on any atom is 0.270 e. The summed E-state index contributed by atoms with van der Waals surface area (Å²) >= 11 is 0. The highest BCUT2D eigenvalue weighted by atomic mass is 32.2. The molecule has 236 valence electrons. The van der Waals surface area contributed by atoms with E-state index in [9.17, 15) is 23.3 Å². The maximum atomic E-state index is 13.8. The van der Waals surface area contributed by atoms with Gasteiger partial charge in [0.25, 0.3) is 5.69 Å². The summed E-state index contributed by atoms with van der Waals surface area (Å²) in [6, 6.07) is 11.5. The molecule has 0 bridgehead atoms. The van der Waals surface area contributed by atoms with Crippen LogP contribution in [0.1, 0.15) is 59.9 Å². The van der Waals surface area contributed by atoms with E-state index in [1.807, 2.05) is 70.7 Å². The second kappa shape index (κ2) is 15.3. The number of nitrogens with zero attached hydrogens (tertiary/aromatic N) is 5. The van der Waals surface area contributed by atoms with Crippen LogP contribution in [0.15, 0.2) is 52.5 Å². The Bertz CT molecular complexity index is 1380. The van der Waals surface area contributed by atoms with Gasteiger partial charge in [-0.2, -0.15) is 9.41 Å². The number of hydrogen-bond donors (Lipinski definition) is 1.